The summed E-state index contributed by atoms with van der Waals surface area (Å²) < 4.78 is 32.4. The van der Waals surface area contributed by atoms with Crippen LogP contribution in [-0.4, -0.2) is 51.4 Å². The molecular formula is C15H22ClN3O4S. The summed E-state index contributed by atoms with van der Waals surface area (Å²) >= 11 is 0. The SMILES string of the molecule is C[C@@H]1CNCCN1C(=O)CNS(=O)(=O)c1ccc2c(c1)COC2.Cl. The van der Waals surface area contributed by atoms with Crippen molar-refractivity contribution in [3.8, 4) is 0 Å². The molecule has 2 heterocycles. The number of nitrogens with zero attached hydrogens (tertiary/aromatic N) is 1. The topological polar surface area (TPSA) is 87.7 Å². The number of rotatable bonds is 4. The first kappa shape index (κ1) is 19.1. The highest BCUT2D eigenvalue weighted by Gasteiger charge is 2.25. The lowest BCUT2D eigenvalue weighted by molar-refractivity contribution is -0.132. The van der Waals surface area contributed by atoms with Gasteiger partial charge in [0.2, 0.25) is 15.9 Å². The lowest BCUT2D eigenvalue weighted by atomic mass is 10.1. The van der Waals surface area contributed by atoms with Gasteiger partial charge in [0, 0.05) is 25.7 Å². The maximum absolute atomic E-state index is 12.4. The molecule has 1 atom stereocenters. The Balaban J connectivity index is 0.00000208. The molecule has 1 saturated heterocycles. The van der Waals surface area contributed by atoms with Crippen molar-refractivity contribution in [1.82, 2.24) is 14.9 Å². The van der Waals surface area contributed by atoms with Gasteiger partial charge in [0.15, 0.2) is 0 Å². The monoisotopic (exact) mass is 375 g/mol. The molecule has 2 aliphatic heterocycles. The fourth-order valence-electron chi connectivity index (χ4n) is 2.87. The van der Waals surface area contributed by atoms with Crippen molar-refractivity contribution in [2.45, 2.75) is 31.1 Å². The molecule has 7 nitrogen and oxygen atoms in total. The Morgan fingerprint density at radius 3 is 2.88 bits per heavy atom. The number of sulfonamides is 1. The minimum absolute atomic E-state index is 0. The highest BCUT2D eigenvalue weighted by Crippen LogP contribution is 2.22. The summed E-state index contributed by atoms with van der Waals surface area (Å²) in [4.78, 5) is 14.1. The standard InChI is InChI=1S/C15H21N3O4S.ClH/c1-11-7-16-4-5-18(11)15(19)8-17-23(20,21)14-3-2-12-9-22-10-13(12)6-14;/h2-3,6,11,16-17H,4-5,7-10H2,1H3;1H/t11-;/m1./s1. The van der Waals surface area contributed by atoms with Gasteiger partial charge in [0.05, 0.1) is 24.7 Å². The van der Waals surface area contributed by atoms with Gasteiger partial charge < -0.3 is 15.0 Å². The largest absolute Gasteiger partial charge is 0.372 e. The van der Waals surface area contributed by atoms with Crippen LogP contribution in [0.15, 0.2) is 23.1 Å². The smallest absolute Gasteiger partial charge is 0.241 e. The molecule has 134 valence electrons. The molecule has 1 aromatic carbocycles. The normalized spacial score (nSPS) is 20.4. The first-order valence-corrected chi connectivity index (χ1v) is 9.15. The molecule has 1 fully saturated rings. The molecule has 3 rings (SSSR count). The third-order valence-electron chi connectivity index (χ3n) is 4.24. The number of fused-ring (bicyclic) bond motifs is 1. The lowest BCUT2D eigenvalue weighted by Crippen LogP contribution is -2.54. The molecule has 24 heavy (non-hydrogen) atoms. The van der Waals surface area contributed by atoms with Gasteiger partial charge in [0.25, 0.3) is 0 Å². The van der Waals surface area contributed by atoms with Gasteiger partial charge in [-0.05, 0) is 30.2 Å². The van der Waals surface area contributed by atoms with Crippen molar-refractivity contribution in [3.05, 3.63) is 29.3 Å². The summed E-state index contributed by atoms with van der Waals surface area (Å²) in [5.41, 5.74) is 1.89. The molecular weight excluding hydrogens is 354 g/mol. The summed E-state index contributed by atoms with van der Waals surface area (Å²) in [7, 11) is -3.70. The van der Waals surface area contributed by atoms with Gasteiger partial charge in [0.1, 0.15) is 0 Å². The molecule has 0 aromatic heterocycles. The Kier molecular flexibility index (Phi) is 6.22. The van der Waals surface area contributed by atoms with E-state index in [9.17, 15) is 13.2 Å². The Morgan fingerprint density at radius 1 is 1.38 bits per heavy atom. The number of carbonyl (C=O) groups excluding carboxylic acids is 1. The molecule has 0 radical (unpaired) electrons. The predicted molar refractivity (Wildman–Crippen MR) is 91.4 cm³/mol. The molecule has 2 N–H and O–H groups in total. The number of amides is 1. The van der Waals surface area contributed by atoms with Gasteiger partial charge in [-0.1, -0.05) is 6.07 Å². The number of hydrogen-bond acceptors (Lipinski definition) is 5. The number of benzene rings is 1. The second-order valence-electron chi connectivity index (χ2n) is 5.89. The molecule has 0 spiro atoms. The summed E-state index contributed by atoms with van der Waals surface area (Å²) in [6.45, 7) is 4.71. The highest BCUT2D eigenvalue weighted by molar-refractivity contribution is 7.89. The summed E-state index contributed by atoms with van der Waals surface area (Å²) in [6, 6.07) is 4.99. The van der Waals surface area contributed by atoms with Gasteiger partial charge in [-0.15, -0.1) is 12.4 Å². The Morgan fingerprint density at radius 2 is 2.12 bits per heavy atom. The molecule has 0 aliphatic carbocycles. The molecule has 2 aliphatic rings. The summed E-state index contributed by atoms with van der Waals surface area (Å²) in [6.07, 6.45) is 0. The van der Waals surface area contributed by atoms with E-state index in [1.165, 1.54) is 0 Å². The minimum atomic E-state index is -3.70. The fourth-order valence-corrected chi connectivity index (χ4v) is 3.89. The number of hydrogen-bond donors (Lipinski definition) is 2. The second kappa shape index (κ2) is 7.79. The van der Waals surface area contributed by atoms with Crippen LogP contribution in [-0.2, 0) is 32.8 Å². The van der Waals surface area contributed by atoms with E-state index in [-0.39, 0.29) is 35.8 Å². The predicted octanol–water partition coefficient (Wildman–Crippen LogP) is 0.237. The molecule has 0 bridgehead atoms. The molecule has 1 aromatic rings. The number of carbonyl (C=O) groups is 1. The minimum Gasteiger partial charge on any atom is -0.372 e. The van der Waals surface area contributed by atoms with Crippen LogP contribution < -0.4 is 10.0 Å². The van der Waals surface area contributed by atoms with Crippen molar-refractivity contribution in [3.63, 3.8) is 0 Å². The average Bonchev–Trinajstić information content (AvgIpc) is 3.00. The molecule has 1 amide bonds. The Hall–Kier alpha value is -1.19. The van der Waals surface area contributed by atoms with Crippen molar-refractivity contribution in [2.75, 3.05) is 26.2 Å². The third-order valence-corrected chi connectivity index (χ3v) is 5.64. The van der Waals surface area contributed by atoms with Crippen molar-refractivity contribution in [1.29, 1.82) is 0 Å². The maximum Gasteiger partial charge on any atom is 0.241 e. The van der Waals surface area contributed by atoms with Gasteiger partial charge in [-0.3, -0.25) is 4.79 Å². The van der Waals surface area contributed by atoms with E-state index < -0.39 is 10.0 Å². The van der Waals surface area contributed by atoms with E-state index in [1.807, 2.05) is 6.92 Å². The number of nitrogens with one attached hydrogen (secondary N) is 2. The van der Waals surface area contributed by atoms with Gasteiger partial charge >= 0.3 is 0 Å². The van der Waals surface area contributed by atoms with Crippen LogP contribution in [0.1, 0.15) is 18.1 Å². The first-order valence-electron chi connectivity index (χ1n) is 7.67. The number of halogens is 1. The van der Waals surface area contributed by atoms with Crippen molar-refractivity contribution in [2.24, 2.45) is 0 Å². The van der Waals surface area contributed by atoms with E-state index in [0.717, 1.165) is 24.2 Å². The van der Waals surface area contributed by atoms with E-state index in [2.05, 4.69) is 10.0 Å². The average molecular weight is 376 g/mol. The van der Waals surface area contributed by atoms with Crippen LogP contribution in [0, 0.1) is 0 Å². The quantitative estimate of drug-likeness (QED) is 0.787. The summed E-state index contributed by atoms with van der Waals surface area (Å²) in [5, 5.41) is 3.20. The summed E-state index contributed by atoms with van der Waals surface area (Å²) in [5.74, 6) is -0.202. The van der Waals surface area contributed by atoms with E-state index in [4.69, 9.17) is 4.74 Å². The van der Waals surface area contributed by atoms with Crippen LogP contribution >= 0.6 is 12.4 Å². The molecule has 0 unspecified atom stereocenters. The fraction of sp³-hybridized carbons (Fsp3) is 0.533. The van der Waals surface area contributed by atoms with Crippen LogP contribution in [0.4, 0.5) is 0 Å². The van der Waals surface area contributed by atoms with Crippen LogP contribution in [0.25, 0.3) is 0 Å². The zero-order valence-corrected chi connectivity index (χ0v) is 15.1. The number of ether oxygens (including phenoxy) is 1. The van der Waals surface area contributed by atoms with Gasteiger partial charge in [-0.2, -0.15) is 0 Å². The zero-order valence-electron chi connectivity index (χ0n) is 13.4. The molecule has 9 heteroatoms. The van der Waals surface area contributed by atoms with E-state index >= 15 is 0 Å². The lowest BCUT2D eigenvalue weighted by Gasteiger charge is -2.34. The van der Waals surface area contributed by atoms with E-state index in [1.54, 1.807) is 23.1 Å². The second-order valence-corrected chi connectivity index (χ2v) is 7.66. The Labute approximate surface area is 148 Å². The zero-order chi connectivity index (χ0) is 16.4. The number of piperazine rings is 1. The van der Waals surface area contributed by atoms with Crippen LogP contribution in [0.3, 0.4) is 0 Å². The van der Waals surface area contributed by atoms with Crippen molar-refractivity contribution >= 4 is 28.3 Å². The molecule has 0 saturated carbocycles. The van der Waals surface area contributed by atoms with Crippen LogP contribution in [0.2, 0.25) is 0 Å². The third kappa shape index (κ3) is 4.07. The van der Waals surface area contributed by atoms with Crippen LogP contribution in [0.5, 0.6) is 0 Å². The first-order chi connectivity index (χ1) is 11.0. The van der Waals surface area contributed by atoms with Crippen molar-refractivity contribution < 1.29 is 17.9 Å². The highest BCUT2D eigenvalue weighted by atomic mass is 35.5. The van der Waals surface area contributed by atoms with E-state index in [0.29, 0.717) is 19.8 Å². The Bertz CT molecular complexity index is 711. The maximum atomic E-state index is 12.4. The van der Waals surface area contributed by atoms with Gasteiger partial charge in [-0.25, -0.2) is 13.1 Å².